The SMILES string of the molecule is C(=NCCN(CCN=Cc1c2ccccc2cc2ccccc12)CCN=Cc1c2ccccc2cc2ccccc12)c1c2ccccc2cc2ccccc12. The number of nitrogens with zero attached hydrogens (tertiary/aromatic N) is 4. The summed E-state index contributed by atoms with van der Waals surface area (Å²) >= 11 is 0. The van der Waals surface area contributed by atoms with E-state index in [1.807, 2.05) is 0 Å². The first kappa shape index (κ1) is 34.3. The van der Waals surface area contributed by atoms with Gasteiger partial charge in [-0.3, -0.25) is 19.9 Å². The van der Waals surface area contributed by atoms with E-state index in [-0.39, 0.29) is 0 Å². The van der Waals surface area contributed by atoms with Crippen LogP contribution in [0.4, 0.5) is 0 Å². The van der Waals surface area contributed by atoms with Gasteiger partial charge in [0, 0.05) is 55.0 Å². The Morgan fingerprint density at radius 2 is 0.527 bits per heavy atom. The number of hydrogen-bond acceptors (Lipinski definition) is 4. The van der Waals surface area contributed by atoms with Crippen LogP contribution < -0.4 is 0 Å². The van der Waals surface area contributed by atoms with Gasteiger partial charge in [-0.15, -0.1) is 0 Å². The van der Waals surface area contributed by atoms with Crippen molar-refractivity contribution in [1.82, 2.24) is 4.90 Å². The number of aliphatic imine (C=N–C) groups is 3. The third-order valence-corrected chi connectivity index (χ3v) is 10.7. The fourth-order valence-corrected chi connectivity index (χ4v) is 7.96. The Kier molecular flexibility index (Phi) is 9.88. The first-order chi connectivity index (χ1) is 27.3. The Morgan fingerprint density at radius 3 is 0.764 bits per heavy atom. The van der Waals surface area contributed by atoms with Gasteiger partial charge in [0.05, 0.1) is 19.6 Å². The fourth-order valence-electron chi connectivity index (χ4n) is 7.96. The molecule has 4 heteroatoms. The van der Waals surface area contributed by atoms with Crippen LogP contribution in [-0.2, 0) is 0 Å². The summed E-state index contributed by atoms with van der Waals surface area (Å²) < 4.78 is 0. The maximum atomic E-state index is 5.03. The Hall–Kier alpha value is -6.49. The van der Waals surface area contributed by atoms with Gasteiger partial charge in [0.1, 0.15) is 0 Å². The minimum Gasteiger partial charge on any atom is -0.298 e. The average molecular weight is 711 g/mol. The third kappa shape index (κ3) is 7.25. The van der Waals surface area contributed by atoms with Crippen LogP contribution in [0.1, 0.15) is 16.7 Å². The molecule has 0 saturated carbocycles. The van der Waals surface area contributed by atoms with Crippen molar-refractivity contribution in [2.75, 3.05) is 39.3 Å². The number of rotatable bonds is 12. The summed E-state index contributed by atoms with van der Waals surface area (Å²) in [6, 6.07) is 58.4. The predicted molar refractivity (Wildman–Crippen MR) is 238 cm³/mol. The van der Waals surface area contributed by atoms with Gasteiger partial charge in [-0.1, -0.05) is 146 Å². The summed E-state index contributed by atoms with van der Waals surface area (Å²) in [5, 5.41) is 14.8. The minimum absolute atomic E-state index is 0.687. The van der Waals surface area contributed by atoms with Gasteiger partial charge in [0.25, 0.3) is 0 Å². The zero-order chi connectivity index (χ0) is 36.8. The van der Waals surface area contributed by atoms with Crippen LogP contribution in [0.3, 0.4) is 0 Å². The molecule has 0 atom stereocenters. The molecule has 55 heavy (non-hydrogen) atoms. The van der Waals surface area contributed by atoms with Crippen LogP contribution in [0.2, 0.25) is 0 Å². The average Bonchev–Trinajstić information content (AvgIpc) is 3.23. The summed E-state index contributed by atoms with van der Waals surface area (Å²) in [6.07, 6.45) is 6.24. The molecule has 4 nitrogen and oxygen atoms in total. The van der Waals surface area contributed by atoms with E-state index >= 15 is 0 Å². The second kappa shape index (κ2) is 15.9. The van der Waals surface area contributed by atoms with Crippen LogP contribution in [0.25, 0.3) is 64.6 Å². The molecule has 0 radical (unpaired) electrons. The molecule has 9 aromatic carbocycles. The first-order valence-corrected chi connectivity index (χ1v) is 19.2. The number of benzene rings is 9. The van der Waals surface area contributed by atoms with Gasteiger partial charge >= 0.3 is 0 Å². The van der Waals surface area contributed by atoms with Crippen molar-refractivity contribution < 1.29 is 0 Å². The Bertz CT molecular complexity index is 2430. The van der Waals surface area contributed by atoms with Crippen molar-refractivity contribution in [3.05, 3.63) is 180 Å². The summed E-state index contributed by atoms with van der Waals surface area (Å²) in [6.45, 7) is 4.52. The molecule has 0 bridgehead atoms. The van der Waals surface area contributed by atoms with Crippen molar-refractivity contribution in [2.45, 2.75) is 0 Å². The normalized spacial score (nSPS) is 12.4. The summed E-state index contributed by atoms with van der Waals surface area (Å²) in [4.78, 5) is 17.5. The predicted octanol–water partition coefficient (Wildman–Crippen LogP) is 11.6. The maximum Gasteiger partial charge on any atom is 0.0517 e. The topological polar surface area (TPSA) is 40.3 Å². The lowest BCUT2D eigenvalue weighted by atomic mass is 9.97. The standard InChI is InChI=1S/C51H42N4/c1-7-19-43-37(13-1)31-38-14-2-8-20-44(38)49(43)34-52-25-28-55(29-26-53-35-50-45-21-9-3-15-39(45)32-40-16-4-10-22-46(40)50)30-27-54-36-51-47-23-11-5-17-41(47)33-42-18-6-12-24-48(42)51/h1-24,31-36H,25-30H2. The molecule has 0 aliphatic carbocycles. The van der Waals surface area contributed by atoms with E-state index in [4.69, 9.17) is 15.0 Å². The third-order valence-electron chi connectivity index (χ3n) is 10.7. The van der Waals surface area contributed by atoms with E-state index in [9.17, 15) is 0 Å². The fraction of sp³-hybridized carbons (Fsp3) is 0.118. The van der Waals surface area contributed by atoms with Crippen molar-refractivity contribution >= 4 is 83.3 Å². The Morgan fingerprint density at radius 1 is 0.309 bits per heavy atom. The van der Waals surface area contributed by atoms with Crippen LogP contribution >= 0.6 is 0 Å². The van der Waals surface area contributed by atoms with E-state index in [0.29, 0.717) is 19.6 Å². The van der Waals surface area contributed by atoms with E-state index in [1.54, 1.807) is 0 Å². The van der Waals surface area contributed by atoms with Crippen LogP contribution in [0, 0.1) is 0 Å². The van der Waals surface area contributed by atoms with E-state index in [2.05, 4.69) is 187 Å². The van der Waals surface area contributed by atoms with Crippen LogP contribution in [-0.4, -0.2) is 62.8 Å². The summed E-state index contributed by atoms with van der Waals surface area (Å²) in [5.74, 6) is 0. The number of hydrogen-bond donors (Lipinski definition) is 0. The van der Waals surface area contributed by atoms with Crippen molar-refractivity contribution in [3.8, 4) is 0 Å². The zero-order valence-electron chi connectivity index (χ0n) is 30.9. The lowest BCUT2D eigenvalue weighted by molar-refractivity contribution is 0.298. The smallest absolute Gasteiger partial charge is 0.0517 e. The second-order valence-corrected chi connectivity index (χ2v) is 14.1. The molecular formula is C51H42N4. The molecule has 0 aliphatic heterocycles. The largest absolute Gasteiger partial charge is 0.298 e. The molecule has 0 spiro atoms. The molecule has 0 fully saturated rings. The summed E-state index contributed by atoms with van der Waals surface area (Å²) in [7, 11) is 0. The molecule has 0 amide bonds. The zero-order valence-corrected chi connectivity index (χ0v) is 30.9. The van der Waals surface area contributed by atoms with E-state index in [0.717, 1.165) is 19.6 Å². The lowest BCUT2D eigenvalue weighted by Crippen LogP contribution is -2.31. The van der Waals surface area contributed by atoms with Crippen molar-refractivity contribution in [3.63, 3.8) is 0 Å². The quantitative estimate of drug-likeness (QED) is 0.0919. The Labute approximate surface area is 321 Å². The molecule has 0 aromatic heterocycles. The first-order valence-electron chi connectivity index (χ1n) is 19.2. The molecule has 0 N–H and O–H groups in total. The molecular weight excluding hydrogens is 669 g/mol. The lowest BCUT2D eigenvalue weighted by Gasteiger charge is -2.19. The highest BCUT2D eigenvalue weighted by Gasteiger charge is 2.09. The van der Waals surface area contributed by atoms with Crippen LogP contribution in [0.5, 0.6) is 0 Å². The molecule has 266 valence electrons. The van der Waals surface area contributed by atoms with Gasteiger partial charge in [-0.2, -0.15) is 0 Å². The molecule has 0 unspecified atom stereocenters. The highest BCUT2D eigenvalue weighted by atomic mass is 15.1. The van der Waals surface area contributed by atoms with E-state index in [1.165, 1.54) is 81.3 Å². The van der Waals surface area contributed by atoms with Gasteiger partial charge < -0.3 is 0 Å². The molecule has 0 aliphatic rings. The molecule has 9 aromatic rings. The number of fused-ring (bicyclic) bond motifs is 6. The monoisotopic (exact) mass is 710 g/mol. The maximum absolute atomic E-state index is 5.03. The molecule has 0 heterocycles. The summed E-state index contributed by atoms with van der Waals surface area (Å²) in [5.41, 5.74) is 3.54. The van der Waals surface area contributed by atoms with Gasteiger partial charge in [0.15, 0.2) is 0 Å². The van der Waals surface area contributed by atoms with Crippen molar-refractivity contribution in [1.29, 1.82) is 0 Å². The van der Waals surface area contributed by atoms with Gasteiger partial charge in [-0.05, 0) is 82.8 Å². The van der Waals surface area contributed by atoms with Gasteiger partial charge in [0.2, 0.25) is 0 Å². The highest BCUT2D eigenvalue weighted by molar-refractivity contribution is 6.15. The highest BCUT2D eigenvalue weighted by Crippen LogP contribution is 2.30. The Balaban J connectivity index is 0.959. The van der Waals surface area contributed by atoms with Gasteiger partial charge in [-0.25, -0.2) is 0 Å². The minimum atomic E-state index is 0.687. The van der Waals surface area contributed by atoms with Crippen LogP contribution in [0.15, 0.2) is 179 Å². The molecule has 9 rings (SSSR count). The van der Waals surface area contributed by atoms with E-state index < -0.39 is 0 Å². The second-order valence-electron chi connectivity index (χ2n) is 14.1. The van der Waals surface area contributed by atoms with Crippen molar-refractivity contribution in [2.24, 2.45) is 15.0 Å². The molecule has 0 saturated heterocycles.